The van der Waals surface area contributed by atoms with Crippen molar-refractivity contribution in [1.29, 1.82) is 0 Å². The van der Waals surface area contributed by atoms with Crippen LogP contribution in [0, 0.1) is 0 Å². The van der Waals surface area contributed by atoms with Crippen molar-refractivity contribution < 1.29 is 4.74 Å². The molecule has 0 spiro atoms. The number of thiocarbonyl (C=S) groups is 1. The third-order valence-electron chi connectivity index (χ3n) is 2.81. The van der Waals surface area contributed by atoms with Crippen molar-refractivity contribution in [3.63, 3.8) is 0 Å². The van der Waals surface area contributed by atoms with Crippen LogP contribution in [0.25, 0.3) is 0 Å². The minimum Gasteiger partial charge on any atom is -0.388 e. The van der Waals surface area contributed by atoms with Crippen LogP contribution >= 0.6 is 12.2 Å². The summed E-state index contributed by atoms with van der Waals surface area (Å²) >= 11 is 4.93. The molecule has 2 heterocycles. The zero-order valence-electron chi connectivity index (χ0n) is 9.93. The number of ether oxygens (including phenoxy) is 1. The fourth-order valence-electron chi connectivity index (χ4n) is 2.00. The average molecular weight is 251 g/mol. The number of hydrogen-bond donors (Lipinski definition) is 1. The zero-order chi connectivity index (χ0) is 12.3. The maximum absolute atomic E-state index is 5.57. The van der Waals surface area contributed by atoms with Gasteiger partial charge in [0.15, 0.2) is 0 Å². The number of rotatable bonds is 3. The molecule has 0 bridgehead atoms. The molecule has 92 valence electrons. The van der Waals surface area contributed by atoms with Gasteiger partial charge in [-0.25, -0.2) is 0 Å². The Bertz CT molecular complexity index is 410. The standard InChI is InChI=1S/C12H17N3OS/c1-9-7-15(4-5-16-9)8-10-2-3-14-11(6-10)12(13)17/h2-3,6,9H,4-5,7-8H2,1H3,(H2,13,17). The van der Waals surface area contributed by atoms with Crippen LogP contribution < -0.4 is 5.73 Å². The number of hydrogen-bond acceptors (Lipinski definition) is 4. The van der Waals surface area contributed by atoms with Gasteiger partial charge in [-0.2, -0.15) is 0 Å². The molecular formula is C12H17N3OS. The first-order chi connectivity index (χ1) is 8.15. The summed E-state index contributed by atoms with van der Waals surface area (Å²) in [7, 11) is 0. The Hall–Kier alpha value is -1.04. The van der Waals surface area contributed by atoms with Crippen LogP contribution in [-0.4, -0.2) is 40.7 Å². The Morgan fingerprint density at radius 2 is 2.53 bits per heavy atom. The molecule has 1 saturated heterocycles. The summed E-state index contributed by atoms with van der Waals surface area (Å²) in [6.07, 6.45) is 2.06. The van der Waals surface area contributed by atoms with Gasteiger partial charge in [0.1, 0.15) is 4.99 Å². The van der Waals surface area contributed by atoms with Gasteiger partial charge in [0.05, 0.1) is 18.4 Å². The molecule has 5 heteroatoms. The van der Waals surface area contributed by atoms with Gasteiger partial charge in [-0.15, -0.1) is 0 Å². The Balaban J connectivity index is 2.02. The van der Waals surface area contributed by atoms with E-state index in [1.807, 2.05) is 12.1 Å². The summed E-state index contributed by atoms with van der Waals surface area (Å²) < 4.78 is 5.51. The van der Waals surface area contributed by atoms with E-state index in [0.29, 0.717) is 16.8 Å². The van der Waals surface area contributed by atoms with E-state index < -0.39 is 0 Å². The van der Waals surface area contributed by atoms with Gasteiger partial charge in [0.25, 0.3) is 0 Å². The van der Waals surface area contributed by atoms with Crippen molar-refractivity contribution in [2.75, 3.05) is 19.7 Å². The molecule has 1 aliphatic heterocycles. The van der Waals surface area contributed by atoms with Crippen LogP contribution in [0.5, 0.6) is 0 Å². The minimum atomic E-state index is 0.306. The molecule has 0 amide bonds. The first-order valence-corrected chi connectivity index (χ1v) is 6.14. The number of pyridine rings is 1. The largest absolute Gasteiger partial charge is 0.388 e. The van der Waals surface area contributed by atoms with Crippen LogP contribution in [0.4, 0.5) is 0 Å². The topological polar surface area (TPSA) is 51.4 Å². The van der Waals surface area contributed by atoms with Crippen LogP contribution in [0.2, 0.25) is 0 Å². The molecule has 2 rings (SSSR count). The van der Waals surface area contributed by atoms with Gasteiger partial charge in [0, 0.05) is 25.8 Å². The Morgan fingerprint density at radius 3 is 3.24 bits per heavy atom. The van der Waals surface area contributed by atoms with Crippen molar-refractivity contribution in [2.45, 2.75) is 19.6 Å². The quantitative estimate of drug-likeness (QED) is 0.810. The number of morpholine rings is 1. The summed E-state index contributed by atoms with van der Waals surface area (Å²) in [5.41, 5.74) is 7.46. The molecule has 1 unspecified atom stereocenters. The summed E-state index contributed by atoms with van der Waals surface area (Å²) in [4.78, 5) is 6.85. The van der Waals surface area contributed by atoms with E-state index in [0.717, 1.165) is 26.2 Å². The first kappa shape index (κ1) is 12.4. The highest BCUT2D eigenvalue weighted by Gasteiger charge is 2.16. The number of nitrogens with two attached hydrogens (primary N) is 1. The predicted molar refractivity (Wildman–Crippen MR) is 70.8 cm³/mol. The second-order valence-electron chi connectivity index (χ2n) is 4.33. The molecule has 1 fully saturated rings. The van der Waals surface area contributed by atoms with E-state index in [1.54, 1.807) is 6.20 Å². The van der Waals surface area contributed by atoms with Crippen LogP contribution in [-0.2, 0) is 11.3 Å². The van der Waals surface area contributed by atoms with Crippen molar-refractivity contribution >= 4 is 17.2 Å². The smallest absolute Gasteiger partial charge is 0.122 e. The van der Waals surface area contributed by atoms with Crippen molar-refractivity contribution in [2.24, 2.45) is 5.73 Å². The van der Waals surface area contributed by atoms with E-state index in [2.05, 4.69) is 16.8 Å². The maximum atomic E-state index is 5.57. The highest BCUT2D eigenvalue weighted by molar-refractivity contribution is 7.80. The van der Waals surface area contributed by atoms with Crippen molar-refractivity contribution in [3.8, 4) is 0 Å². The SMILES string of the molecule is CC1CN(Cc2ccnc(C(N)=S)c2)CCO1. The highest BCUT2D eigenvalue weighted by Crippen LogP contribution is 2.10. The fourth-order valence-corrected chi connectivity index (χ4v) is 2.11. The lowest BCUT2D eigenvalue weighted by Crippen LogP contribution is -2.40. The second kappa shape index (κ2) is 5.53. The Kier molecular flexibility index (Phi) is 4.04. The van der Waals surface area contributed by atoms with Crippen molar-refractivity contribution in [1.82, 2.24) is 9.88 Å². The molecule has 0 saturated carbocycles. The van der Waals surface area contributed by atoms with Gasteiger partial charge in [0.2, 0.25) is 0 Å². The van der Waals surface area contributed by atoms with E-state index in [-0.39, 0.29) is 0 Å². The fraction of sp³-hybridized carbons (Fsp3) is 0.500. The molecule has 1 atom stereocenters. The molecule has 1 aliphatic rings. The van der Waals surface area contributed by atoms with Crippen LogP contribution in [0.1, 0.15) is 18.2 Å². The normalized spacial score (nSPS) is 21.4. The average Bonchev–Trinajstić information content (AvgIpc) is 2.29. The Labute approximate surface area is 107 Å². The number of aromatic nitrogens is 1. The van der Waals surface area contributed by atoms with E-state index >= 15 is 0 Å². The van der Waals surface area contributed by atoms with E-state index in [1.165, 1.54) is 5.56 Å². The lowest BCUT2D eigenvalue weighted by Gasteiger charge is -2.31. The van der Waals surface area contributed by atoms with Gasteiger partial charge < -0.3 is 10.5 Å². The van der Waals surface area contributed by atoms with Gasteiger partial charge in [-0.1, -0.05) is 12.2 Å². The van der Waals surface area contributed by atoms with E-state index in [4.69, 9.17) is 22.7 Å². The molecule has 17 heavy (non-hydrogen) atoms. The summed E-state index contributed by atoms with van der Waals surface area (Å²) in [6, 6.07) is 3.96. The van der Waals surface area contributed by atoms with Crippen LogP contribution in [0.3, 0.4) is 0 Å². The maximum Gasteiger partial charge on any atom is 0.122 e. The third kappa shape index (κ3) is 3.46. The lowest BCUT2D eigenvalue weighted by molar-refractivity contribution is -0.0212. The Morgan fingerprint density at radius 1 is 1.71 bits per heavy atom. The molecule has 0 radical (unpaired) electrons. The van der Waals surface area contributed by atoms with Crippen LogP contribution in [0.15, 0.2) is 18.3 Å². The minimum absolute atomic E-state index is 0.306. The summed E-state index contributed by atoms with van der Waals surface area (Å²) in [5, 5.41) is 0. The molecule has 2 N–H and O–H groups in total. The van der Waals surface area contributed by atoms with Gasteiger partial charge in [-0.05, 0) is 24.6 Å². The summed E-state index contributed by atoms with van der Waals surface area (Å²) in [6.45, 7) is 5.72. The highest BCUT2D eigenvalue weighted by atomic mass is 32.1. The first-order valence-electron chi connectivity index (χ1n) is 5.74. The molecule has 0 aromatic carbocycles. The second-order valence-corrected chi connectivity index (χ2v) is 4.77. The lowest BCUT2D eigenvalue weighted by atomic mass is 10.2. The van der Waals surface area contributed by atoms with E-state index in [9.17, 15) is 0 Å². The predicted octanol–water partition coefficient (Wildman–Crippen LogP) is 0.937. The zero-order valence-corrected chi connectivity index (χ0v) is 10.7. The molecular weight excluding hydrogens is 234 g/mol. The molecule has 1 aromatic rings. The summed E-state index contributed by atoms with van der Waals surface area (Å²) in [5.74, 6) is 0. The molecule has 4 nitrogen and oxygen atoms in total. The van der Waals surface area contributed by atoms with Crippen molar-refractivity contribution in [3.05, 3.63) is 29.6 Å². The van der Waals surface area contributed by atoms with Gasteiger partial charge in [-0.3, -0.25) is 9.88 Å². The monoisotopic (exact) mass is 251 g/mol. The van der Waals surface area contributed by atoms with Gasteiger partial charge >= 0.3 is 0 Å². The third-order valence-corrected chi connectivity index (χ3v) is 3.02. The number of nitrogens with zero attached hydrogens (tertiary/aromatic N) is 2. The molecule has 1 aromatic heterocycles. The molecule has 0 aliphatic carbocycles.